The smallest absolute Gasteiger partial charge is 0.343 e. The maximum Gasteiger partial charge on any atom is 0.343 e. The third-order valence-corrected chi connectivity index (χ3v) is 4.46. The van der Waals surface area contributed by atoms with Crippen LogP contribution in [0.4, 0.5) is 4.39 Å². The average Bonchev–Trinajstić information content (AvgIpc) is 2.86. The molecule has 3 aromatic carbocycles. The van der Waals surface area contributed by atoms with E-state index in [9.17, 15) is 14.0 Å². The topological polar surface area (TPSA) is 95.5 Å². The number of carbonyl (C=O) groups excluding carboxylic acids is 2. The number of nitrogens with zero attached hydrogens (tertiary/aromatic N) is 1. The monoisotopic (exact) mass is 480 g/mol. The van der Waals surface area contributed by atoms with Crippen LogP contribution in [0.2, 0.25) is 0 Å². The van der Waals surface area contributed by atoms with Crippen molar-refractivity contribution in [2.24, 2.45) is 5.10 Å². The van der Waals surface area contributed by atoms with Crippen LogP contribution >= 0.6 is 0 Å². The number of amides is 1. The molecule has 0 aliphatic heterocycles. The van der Waals surface area contributed by atoms with Gasteiger partial charge in [0.2, 0.25) is 0 Å². The van der Waals surface area contributed by atoms with Crippen molar-refractivity contribution in [1.82, 2.24) is 5.43 Å². The Hall–Kier alpha value is -4.40. The first-order valence-electron chi connectivity index (χ1n) is 10.9. The minimum Gasteiger partial charge on any atom is -0.490 e. The van der Waals surface area contributed by atoms with Gasteiger partial charge in [0.1, 0.15) is 5.82 Å². The van der Waals surface area contributed by atoms with Crippen molar-refractivity contribution in [2.75, 3.05) is 19.8 Å². The molecule has 1 N–H and O–H groups in total. The number of para-hydroxylation sites is 2. The summed E-state index contributed by atoms with van der Waals surface area (Å²) in [5.41, 5.74) is 3.18. The van der Waals surface area contributed by atoms with Crippen LogP contribution in [0.25, 0.3) is 0 Å². The predicted molar refractivity (Wildman–Crippen MR) is 128 cm³/mol. The Bertz CT molecular complexity index is 1180. The van der Waals surface area contributed by atoms with Crippen LogP contribution < -0.4 is 24.4 Å². The number of rotatable bonds is 11. The number of benzene rings is 3. The van der Waals surface area contributed by atoms with E-state index >= 15 is 0 Å². The Morgan fingerprint density at radius 2 is 1.51 bits per heavy atom. The van der Waals surface area contributed by atoms with Crippen molar-refractivity contribution in [3.05, 3.63) is 83.7 Å². The van der Waals surface area contributed by atoms with Crippen molar-refractivity contribution in [3.63, 3.8) is 0 Å². The molecule has 0 heterocycles. The number of ether oxygens (including phenoxy) is 4. The summed E-state index contributed by atoms with van der Waals surface area (Å²) in [4.78, 5) is 24.4. The molecule has 0 saturated carbocycles. The molecule has 182 valence electrons. The molecule has 35 heavy (non-hydrogen) atoms. The third-order valence-electron chi connectivity index (χ3n) is 4.46. The zero-order valence-electron chi connectivity index (χ0n) is 19.3. The molecule has 0 fully saturated rings. The lowest BCUT2D eigenvalue weighted by atomic mass is 10.2. The number of halogens is 1. The fourth-order valence-corrected chi connectivity index (χ4v) is 2.90. The largest absolute Gasteiger partial charge is 0.490 e. The van der Waals surface area contributed by atoms with Crippen LogP contribution in [0.15, 0.2) is 71.8 Å². The zero-order valence-corrected chi connectivity index (χ0v) is 19.3. The molecular formula is C26H25FN2O6. The van der Waals surface area contributed by atoms with E-state index in [1.807, 2.05) is 13.0 Å². The molecule has 1 amide bonds. The van der Waals surface area contributed by atoms with Gasteiger partial charge in [-0.3, -0.25) is 4.79 Å². The Kier molecular flexibility index (Phi) is 9.18. The summed E-state index contributed by atoms with van der Waals surface area (Å²) >= 11 is 0. The summed E-state index contributed by atoms with van der Waals surface area (Å²) in [5.74, 6) is -0.0319. The van der Waals surface area contributed by atoms with Gasteiger partial charge in [-0.25, -0.2) is 14.6 Å². The molecule has 0 spiro atoms. The molecule has 0 aromatic heterocycles. The highest BCUT2D eigenvalue weighted by Crippen LogP contribution is 2.29. The minimum absolute atomic E-state index is 0.198. The Balaban J connectivity index is 1.59. The normalized spacial score (nSPS) is 10.6. The molecule has 3 aromatic rings. The van der Waals surface area contributed by atoms with Crippen LogP contribution in [0.3, 0.4) is 0 Å². The summed E-state index contributed by atoms with van der Waals surface area (Å²) in [6.45, 7) is 4.21. The van der Waals surface area contributed by atoms with Gasteiger partial charge >= 0.3 is 5.97 Å². The van der Waals surface area contributed by atoms with Crippen molar-refractivity contribution >= 4 is 18.1 Å². The van der Waals surface area contributed by atoms with Crippen molar-refractivity contribution in [2.45, 2.75) is 13.8 Å². The summed E-state index contributed by atoms with van der Waals surface area (Å²) in [6.07, 6.45) is 1.42. The number of hydrogen-bond donors (Lipinski definition) is 1. The second kappa shape index (κ2) is 12.7. The maximum atomic E-state index is 13.1. The second-order valence-electron chi connectivity index (χ2n) is 7.00. The molecule has 0 bridgehead atoms. The van der Waals surface area contributed by atoms with Crippen LogP contribution in [0.5, 0.6) is 23.0 Å². The molecule has 8 nitrogen and oxygen atoms in total. The average molecular weight is 480 g/mol. The summed E-state index contributed by atoms with van der Waals surface area (Å²) < 4.78 is 35.0. The summed E-state index contributed by atoms with van der Waals surface area (Å²) in [7, 11) is 0. The number of carbonyl (C=O) groups is 2. The molecule has 3 rings (SSSR count). The van der Waals surface area contributed by atoms with E-state index in [-0.39, 0.29) is 17.9 Å². The highest BCUT2D eigenvalue weighted by atomic mass is 19.1. The van der Waals surface area contributed by atoms with Gasteiger partial charge in [0.05, 0.1) is 25.0 Å². The van der Waals surface area contributed by atoms with E-state index in [1.54, 1.807) is 43.3 Å². The van der Waals surface area contributed by atoms with E-state index in [0.29, 0.717) is 36.0 Å². The predicted octanol–water partition coefficient (Wildman–Crippen LogP) is 4.37. The summed E-state index contributed by atoms with van der Waals surface area (Å²) in [6, 6.07) is 16.9. The van der Waals surface area contributed by atoms with Gasteiger partial charge in [-0.15, -0.1) is 0 Å². The van der Waals surface area contributed by atoms with Crippen LogP contribution in [0, 0.1) is 5.82 Å². The van der Waals surface area contributed by atoms with Crippen LogP contribution in [0.1, 0.15) is 29.8 Å². The van der Waals surface area contributed by atoms with Gasteiger partial charge in [0.25, 0.3) is 5.91 Å². The third kappa shape index (κ3) is 7.56. The first kappa shape index (κ1) is 25.2. The first-order valence-corrected chi connectivity index (χ1v) is 10.9. The quantitative estimate of drug-likeness (QED) is 0.190. The molecule has 0 unspecified atom stereocenters. The first-order chi connectivity index (χ1) is 17.0. The van der Waals surface area contributed by atoms with Gasteiger partial charge in [-0.1, -0.05) is 12.1 Å². The van der Waals surface area contributed by atoms with Crippen LogP contribution in [-0.2, 0) is 4.79 Å². The van der Waals surface area contributed by atoms with E-state index in [0.717, 1.165) is 0 Å². The number of hydrogen-bond acceptors (Lipinski definition) is 7. The van der Waals surface area contributed by atoms with Crippen molar-refractivity contribution in [3.8, 4) is 23.0 Å². The highest BCUT2D eigenvalue weighted by Gasteiger charge is 2.13. The number of hydrazone groups is 1. The number of esters is 1. The highest BCUT2D eigenvalue weighted by molar-refractivity contribution is 5.91. The molecule has 0 aliphatic rings. The fourth-order valence-electron chi connectivity index (χ4n) is 2.90. The van der Waals surface area contributed by atoms with Gasteiger partial charge in [0, 0.05) is 0 Å². The molecule has 9 heteroatoms. The lowest BCUT2D eigenvalue weighted by Crippen LogP contribution is -2.24. The van der Waals surface area contributed by atoms with E-state index < -0.39 is 17.7 Å². The van der Waals surface area contributed by atoms with E-state index in [2.05, 4.69) is 10.5 Å². The molecular weight excluding hydrogens is 455 g/mol. The van der Waals surface area contributed by atoms with Gasteiger partial charge in [0.15, 0.2) is 29.6 Å². The van der Waals surface area contributed by atoms with Crippen molar-refractivity contribution in [1.29, 1.82) is 0 Å². The van der Waals surface area contributed by atoms with Gasteiger partial charge < -0.3 is 18.9 Å². The number of nitrogens with one attached hydrogen (secondary N) is 1. The Morgan fingerprint density at radius 3 is 2.20 bits per heavy atom. The van der Waals surface area contributed by atoms with Crippen molar-refractivity contribution < 1.29 is 32.9 Å². The van der Waals surface area contributed by atoms with Crippen LogP contribution in [-0.4, -0.2) is 37.9 Å². The summed E-state index contributed by atoms with van der Waals surface area (Å²) in [5, 5.41) is 3.93. The second-order valence-corrected chi connectivity index (χ2v) is 7.00. The van der Waals surface area contributed by atoms with E-state index in [1.165, 1.54) is 30.5 Å². The van der Waals surface area contributed by atoms with Gasteiger partial charge in [-0.05, 0) is 74.0 Å². The zero-order chi connectivity index (χ0) is 25.0. The molecule has 0 aliphatic carbocycles. The Labute approximate surface area is 202 Å². The fraction of sp³-hybridized carbons (Fsp3) is 0.192. The SMILES string of the molecule is CCOc1ccccc1OCC(=O)N/N=C\c1ccc(OC(=O)c2ccc(F)cc2)c(OCC)c1. The lowest BCUT2D eigenvalue weighted by molar-refractivity contribution is -0.123. The maximum absolute atomic E-state index is 13.1. The lowest BCUT2D eigenvalue weighted by Gasteiger charge is -2.11. The standard InChI is InChI=1S/C26H25FN2O6/c1-3-32-21-7-5-6-8-22(21)34-17-25(30)29-28-16-18-9-14-23(24(15-18)33-4-2)35-26(31)19-10-12-20(27)13-11-19/h5-16H,3-4,17H2,1-2H3,(H,29,30)/b28-16-. The molecule has 0 radical (unpaired) electrons. The van der Waals surface area contributed by atoms with Gasteiger partial charge in [-0.2, -0.15) is 5.10 Å². The minimum atomic E-state index is -0.648. The Morgan fingerprint density at radius 1 is 0.857 bits per heavy atom. The molecule has 0 atom stereocenters. The van der Waals surface area contributed by atoms with E-state index in [4.69, 9.17) is 18.9 Å². The molecule has 0 saturated heterocycles.